The molecule has 2 atom stereocenters. The monoisotopic (exact) mass is 283 g/mol. The molecule has 0 aromatic carbocycles. The maximum Gasteiger partial charge on any atom is 0.209 e. The lowest BCUT2D eigenvalue weighted by atomic mass is 10.1. The van der Waals surface area contributed by atoms with Crippen LogP contribution in [0.2, 0.25) is 0 Å². The Balaban J connectivity index is 2.01. The number of hydrogen-bond donors (Lipinski definition) is 1. The fraction of sp³-hybridized carbons (Fsp3) is 0.923. The van der Waals surface area contributed by atoms with Gasteiger partial charge in [0.1, 0.15) is 0 Å². The number of aromatic nitrogens is 4. The number of nitrogens with one attached hydrogen (secondary N) is 1. The summed E-state index contributed by atoms with van der Waals surface area (Å²) in [6.07, 6.45) is 6.01. The van der Waals surface area contributed by atoms with E-state index in [1.807, 2.05) is 16.4 Å². The molecule has 19 heavy (non-hydrogen) atoms. The highest BCUT2D eigenvalue weighted by Gasteiger charge is 2.30. The van der Waals surface area contributed by atoms with E-state index in [9.17, 15) is 0 Å². The molecule has 1 aliphatic carbocycles. The number of thioether (sulfide) groups is 1. The highest BCUT2D eigenvalue weighted by molar-refractivity contribution is 7.99. The largest absolute Gasteiger partial charge is 0.313 e. The molecule has 0 bridgehead atoms. The molecule has 1 aromatic rings. The standard InChI is InChI=1S/C13H25N5S/c1-4-7-11(14-6-3)12(5-2)19-13-15-16-17-18(13)10-8-9-10/h10-12,14H,4-9H2,1-3H3. The number of rotatable bonds is 9. The van der Waals surface area contributed by atoms with E-state index in [4.69, 9.17) is 0 Å². The SMILES string of the molecule is CCCC(NCC)C(CC)Sc1nnnn1C1CC1. The Labute approximate surface area is 119 Å². The van der Waals surface area contributed by atoms with Crippen molar-refractivity contribution in [1.29, 1.82) is 0 Å². The summed E-state index contributed by atoms with van der Waals surface area (Å²) in [6, 6.07) is 1.10. The Hall–Kier alpha value is -0.620. The summed E-state index contributed by atoms with van der Waals surface area (Å²) in [5, 5.41) is 17.3. The van der Waals surface area contributed by atoms with Gasteiger partial charge in [0, 0.05) is 11.3 Å². The molecule has 108 valence electrons. The molecule has 1 aromatic heterocycles. The van der Waals surface area contributed by atoms with Gasteiger partial charge in [-0.25, -0.2) is 4.68 Å². The van der Waals surface area contributed by atoms with Gasteiger partial charge in [0.2, 0.25) is 5.16 Å². The summed E-state index contributed by atoms with van der Waals surface area (Å²) in [7, 11) is 0. The maximum absolute atomic E-state index is 4.20. The third-order valence-electron chi connectivity index (χ3n) is 3.53. The summed E-state index contributed by atoms with van der Waals surface area (Å²) in [5.74, 6) is 0. The van der Waals surface area contributed by atoms with Crippen molar-refractivity contribution in [2.45, 2.75) is 75.4 Å². The van der Waals surface area contributed by atoms with Gasteiger partial charge in [-0.2, -0.15) is 0 Å². The highest BCUT2D eigenvalue weighted by atomic mass is 32.2. The number of hydrogen-bond acceptors (Lipinski definition) is 5. The second-order valence-corrected chi connectivity index (χ2v) is 6.36. The van der Waals surface area contributed by atoms with Gasteiger partial charge in [0.25, 0.3) is 0 Å². The Morgan fingerprint density at radius 1 is 1.37 bits per heavy atom. The molecule has 1 fully saturated rings. The first kappa shape index (κ1) is 14.8. The highest BCUT2D eigenvalue weighted by Crippen LogP contribution is 2.38. The fourth-order valence-corrected chi connectivity index (χ4v) is 3.60. The molecule has 1 aliphatic rings. The van der Waals surface area contributed by atoms with E-state index in [-0.39, 0.29) is 0 Å². The normalized spacial score (nSPS) is 18.5. The van der Waals surface area contributed by atoms with E-state index in [2.05, 4.69) is 41.6 Å². The second kappa shape index (κ2) is 7.24. The molecule has 1 saturated carbocycles. The second-order valence-electron chi connectivity index (χ2n) is 5.15. The zero-order chi connectivity index (χ0) is 13.7. The van der Waals surface area contributed by atoms with Crippen molar-refractivity contribution in [1.82, 2.24) is 25.5 Å². The molecule has 0 spiro atoms. The van der Waals surface area contributed by atoms with Gasteiger partial charge in [-0.3, -0.25) is 0 Å². The molecule has 0 saturated heterocycles. The topological polar surface area (TPSA) is 55.6 Å². The minimum Gasteiger partial charge on any atom is -0.313 e. The van der Waals surface area contributed by atoms with E-state index in [1.54, 1.807) is 0 Å². The summed E-state index contributed by atoms with van der Waals surface area (Å²) in [6.45, 7) is 7.70. The number of tetrazole rings is 1. The lowest BCUT2D eigenvalue weighted by Gasteiger charge is -2.25. The Kier molecular flexibility index (Phi) is 5.63. The van der Waals surface area contributed by atoms with Gasteiger partial charge in [0.05, 0.1) is 6.04 Å². The van der Waals surface area contributed by atoms with Crippen LogP contribution >= 0.6 is 11.8 Å². The van der Waals surface area contributed by atoms with Crippen LogP contribution in [0.1, 0.15) is 58.9 Å². The van der Waals surface area contributed by atoms with Crippen molar-refractivity contribution >= 4 is 11.8 Å². The van der Waals surface area contributed by atoms with Crippen LogP contribution in [0.3, 0.4) is 0 Å². The maximum atomic E-state index is 4.20. The summed E-state index contributed by atoms with van der Waals surface area (Å²) in [4.78, 5) is 0. The van der Waals surface area contributed by atoms with E-state index >= 15 is 0 Å². The van der Waals surface area contributed by atoms with Crippen LogP contribution in [0, 0.1) is 0 Å². The molecular formula is C13H25N5S. The third-order valence-corrected chi connectivity index (χ3v) is 4.97. The molecule has 2 rings (SSSR count). The Morgan fingerprint density at radius 3 is 2.74 bits per heavy atom. The van der Waals surface area contributed by atoms with Gasteiger partial charge in [0.15, 0.2) is 0 Å². The van der Waals surface area contributed by atoms with E-state index in [1.165, 1.54) is 25.7 Å². The van der Waals surface area contributed by atoms with Crippen LogP contribution in [0.25, 0.3) is 0 Å². The van der Waals surface area contributed by atoms with Crippen molar-refractivity contribution in [2.75, 3.05) is 6.54 Å². The number of nitrogens with zero attached hydrogens (tertiary/aromatic N) is 4. The molecule has 0 aliphatic heterocycles. The summed E-state index contributed by atoms with van der Waals surface area (Å²) in [5.41, 5.74) is 0. The van der Waals surface area contributed by atoms with Gasteiger partial charge >= 0.3 is 0 Å². The summed E-state index contributed by atoms with van der Waals surface area (Å²) < 4.78 is 2.02. The van der Waals surface area contributed by atoms with Crippen LogP contribution in [0.4, 0.5) is 0 Å². The third kappa shape index (κ3) is 3.92. The Bertz CT molecular complexity index is 371. The smallest absolute Gasteiger partial charge is 0.209 e. The van der Waals surface area contributed by atoms with Crippen molar-refractivity contribution in [3.8, 4) is 0 Å². The average molecular weight is 283 g/mol. The van der Waals surface area contributed by atoms with Crippen molar-refractivity contribution < 1.29 is 0 Å². The Morgan fingerprint density at radius 2 is 2.16 bits per heavy atom. The minimum atomic E-state index is 0.545. The van der Waals surface area contributed by atoms with Gasteiger partial charge in [-0.1, -0.05) is 39.0 Å². The quantitative estimate of drug-likeness (QED) is 0.706. The van der Waals surface area contributed by atoms with E-state index in [0.717, 1.165) is 18.1 Å². The van der Waals surface area contributed by atoms with Crippen molar-refractivity contribution in [2.24, 2.45) is 0 Å². The van der Waals surface area contributed by atoms with Crippen molar-refractivity contribution in [3.63, 3.8) is 0 Å². The minimum absolute atomic E-state index is 0.545. The zero-order valence-corrected chi connectivity index (χ0v) is 13.0. The fourth-order valence-electron chi connectivity index (χ4n) is 2.39. The molecule has 1 heterocycles. The zero-order valence-electron chi connectivity index (χ0n) is 12.2. The van der Waals surface area contributed by atoms with Gasteiger partial charge in [-0.15, -0.1) is 5.10 Å². The van der Waals surface area contributed by atoms with Crippen LogP contribution in [-0.4, -0.2) is 38.0 Å². The predicted molar refractivity (Wildman–Crippen MR) is 78.4 cm³/mol. The molecule has 0 amide bonds. The summed E-state index contributed by atoms with van der Waals surface area (Å²) >= 11 is 1.84. The predicted octanol–water partition coefficient (Wildman–Crippen LogP) is 2.66. The van der Waals surface area contributed by atoms with Crippen LogP contribution in [-0.2, 0) is 0 Å². The lowest BCUT2D eigenvalue weighted by molar-refractivity contribution is 0.463. The molecule has 2 unspecified atom stereocenters. The lowest BCUT2D eigenvalue weighted by Crippen LogP contribution is -2.37. The molecule has 1 N–H and O–H groups in total. The van der Waals surface area contributed by atoms with Gasteiger partial charge < -0.3 is 5.32 Å². The average Bonchev–Trinajstić information content (AvgIpc) is 3.16. The van der Waals surface area contributed by atoms with Crippen LogP contribution in [0.5, 0.6) is 0 Å². The first-order chi connectivity index (χ1) is 9.30. The molecule has 0 radical (unpaired) electrons. The molecular weight excluding hydrogens is 258 g/mol. The van der Waals surface area contributed by atoms with Crippen molar-refractivity contribution in [3.05, 3.63) is 0 Å². The van der Waals surface area contributed by atoms with E-state index < -0.39 is 0 Å². The van der Waals surface area contributed by atoms with Crippen LogP contribution in [0.15, 0.2) is 5.16 Å². The first-order valence-corrected chi connectivity index (χ1v) is 8.35. The van der Waals surface area contributed by atoms with E-state index in [0.29, 0.717) is 17.3 Å². The van der Waals surface area contributed by atoms with Gasteiger partial charge in [-0.05, 0) is 42.7 Å². The van der Waals surface area contributed by atoms with Crippen LogP contribution < -0.4 is 5.32 Å². The molecule has 6 heteroatoms. The first-order valence-electron chi connectivity index (χ1n) is 7.48. The molecule has 5 nitrogen and oxygen atoms in total.